The monoisotopic (exact) mass is 356 g/mol. The van der Waals surface area contributed by atoms with Crippen LogP contribution < -0.4 is 0 Å². The Morgan fingerprint density at radius 3 is 1.50 bits per heavy atom. The molecule has 1 aliphatic rings. The highest BCUT2D eigenvalue weighted by Crippen LogP contribution is 2.31. The molecule has 0 saturated heterocycles. The molecule has 26 heavy (non-hydrogen) atoms. The molecule has 0 heteroatoms. The fraction of sp³-hybridized carbons (Fsp3) is 0.538. The van der Waals surface area contributed by atoms with Gasteiger partial charge in [-0.3, -0.25) is 0 Å². The van der Waals surface area contributed by atoms with E-state index in [-0.39, 0.29) is 0 Å². The number of fused-ring (bicyclic) bond motifs is 1. The number of aryl methyl sites for hydroxylation is 1. The van der Waals surface area contributed by atoms with Crippen molar-refractivity contribution < 1.29 is 0 Å². The fourth-order valence-corrected chi connectivity index (χ4v) is 2.70. The van der Waals surface area contributed by atoms with E-state index in [2.05, 4.69) is 52.8 Å². The van der Waals surface area contributed by atoms with Crippen LogP contribution in [0.3, 0.4) is 0 Å². The van der Waals surface area contributed by atoms with Crippen molar-refractivity contribution in [2.45, 2.75) is 81.6 Å². The molecule has 0 aromatic heterocycles. The Kier molecular flexibility index (Phi) is 18.7. The maximum Gasteiger partial charge on any atom is -0.0245 e. The van der Waals surface area contributed by atoms with Crippen molar-refractivity contribution in [3.63, 3.8) is 0 Å². The number of hydrogen-bond donors (Lipinski definition) is 0. The quantitative estimate of drug-likeness (QED) is 0.443. The Morgan fingerprint density at radius 1 is 0.692 bits per heavy atom. The molecule has 2 aromatic rings. The van der Waals surface area contributed by atoms with Gasteiger partial charge in [0.2, 0.25) is 0 Å². The molecule has 0 nitrogen and oxygen atoms in total. The summed E-state index contributed by atoms with van der Waals surface area (Å²) in [6.07, 6.45) is 3.81. The topological polar surface area (TPSA) is 0 Å². The van der Waals surface area contributed by atoms with Crippen LogP contribution in [0.5, 0.6) is 0 Å². The van der Waals surface area contributed by atoms with E-state index < -0.39 is 0 Å². The molecule has 0 saturated carbocycles. The molecule has 0 bridgehead atoms. The molecule has 2 aromatic carbocycles. The maximum atomic E-state index is 2.38. The van der Waals surface area contributed by atoms with Gasteiger partial charge in [-0.1, -0.05) is 116 Å². The van der Waals surface area contributed by atoms with Gasteiger partial charge < -0.3 is 0 Å². The van der Waals surface area contributed by atoms with E-state index in [0.717, 1.165) is 11.8 Å². The first kappa shape index (κ1) is 26.7. The summed E-state index contributed by atoms with van der Waals surface area (Å²) in [7, 11) is 0. The van der Waals surface area contributed by atoms with Crippen molar-refractivity contribution in [2.75, 3.05) is 0 Å². The molecular weight excluding hydrogens is 312 g/mol. The lowest BCUT2D eigenvalue weighted by atomic mass is 9.76. The van der Waals surface area contributed by atoms with Crippen LogP contribution in [0, 0.1) is 18.8 Å². The molecule has 0 radical (unpaired) electrons. The maximum absolute atomic E-state index is 2.38. The molecule has 148 valence electrons. The van der Waals surface area contributed by atoms with Crippen molar-refractivity contribution in [3.05, 3.63) is 71.3 Å². The summed E-state index contributed by atoms with van der Waals surface area (Å²) in [5.41, 5.74) is 4.69. The van der Waals surface area contributed by atoms with Crippen LogP contribution in [-0.4, -0.2) is 0 Å². The molecule has 2 atom stereocenters. The van der Waals surface area contributed by atoms with Gasteiger partial charge in [0.1, 0.15) is 0 Å². The molecule has 0 N–H and O–H groups in total. The molecule has 0 aliphatic heterocycles. The van der Waals surface area contributed by atoms with Crippen LogP contribution in [-0.2, 0) is 12.8 Å². The molecule has 3 rings (SSSR count). The molecular formula is C26H44. The molecule has 0 heterocycles. The number of rotatable bonds is 0. The lowest BCUT2D eigenvalue weighted by Crippen LogP contribution is -2.21. The Morgan fingerprint density at radius 2 is 1.08 bits per heavy atom. The Labute approximate surface area is 165 Å². The predicted octanol–water partition coefficient (Wildman–Crippen LogP) is 8.52. The minimum absolute atomic E-state index is 0.855. The van der Waals surface area contributed by atoms with Crippen LogP contribution in [0.25, 0.3) is 0 Å². The summed E-state index contributed by atoms with van der Waals surface area (Å²) < 4.78 is 0. The zero-order valence-corrected chi connectivity index (χ0v) is 19.0. The summed E-state index contributed by atoms with van der Waals surface area (Å²) in [6.45, 7) is 19.2. The summed E-state index contributed by atoms with van der Waals surface area (Å²) in [4.78, 5) is 0. The van der Waals surface area contributed by atoms with Crippen LogP contribution in [0.2, 0.25) is 0 Å². The first-order chi connectivity index (χ1) is 12.6. The van der Waals surface area contributed by atoms with Gasteiger partial charge in [-0.2, -0.15) is 0 Å². The smallest absolute Gasteiger partial charge is 0.0245 e. The molecule has 1 aliphatic carbocycles. The third kappa shape index (κ3) is 11.1. The van der Waals surface area contributed by atoms with Crippen LogP contribution in [0.4, 0.5) is 0 Å². The van der Waals surface area contributed by atoms with E-state index in [1.165, 1.54) is 24.8 Å². The van der Waals surface area contributed by atoms with Crippen molar-refractivity contribution in [3.8, 4) is 0 Å². The zero-order valence-electron chi connectivity index (χ0n) is 19.0. The highest BCUT2D eigenvalue weighted by Gasteiger charge is 2.22. The van der Waals surface area contributed by atoms with Gasteiger partial charge in [0.15, 0.2) is 0 Å². The third-order valence-corrected chi connectivity index (χ3v) is 4.21. The van der Waals surface area contributed by atoms with Gasteiger partial charge in [-0.05, 0) is 48.3 Å². The summed E-state index contributed by atoms with van der Waals surface area (Å²) in [5.74, 6) is 1.71. The van der Waals surface area contributed by atoms with Gasteiger partial charge in [0, 0.05) is 0 Å². The van der Waals surface area contributed by atoms with Crippen LogP contribution >= 0.6 is 0 Å². The minimum Gasteiger partial charge on any atom is -0.0683 e. The third-order valence-electron chi connectivity index (χ3n) is 4.21. The van der Waals surface area contributed by atoms with Gasteiger partial charge in [0.25, 0.3) is 0 Å². The van der Waals surface area contributed by atoms with E-state index in [9.17, 15) is 0 Å². The van der Waals surface area contributed by atoms with Gasteiger partial charge in [-0.15, -0.1) is 0 Å². The summed E-state index contributed by atoms with van der Waals surface area (Å²) in [5, 5.41) is 0. The second-order valence-electron chi connectivity index (χ2n) is 6.44. The van der Waals surface area contributed by atoms with Crippen LogP contribution in [0.1, 0.15) is 78.5 Å². The molecule has 0 amide bonds. The lowest BCUT2D eigenvalue weighted by molar-refractivity contribution is 0.360. The van der Waals surface area contributed by atoms with Crippen molar-refractivity contribution >= 4 is 0 Å². The first-order valence-electron chi connectivity index (χ1n) is 10.7. The minimum atomic E-state index is 0.855. The van der Waals surface area contributed by atoms with Crippen LogP contribution in [0.15, 0.2) is 54.6 Å². The highest BCUT2D eigenvalue weighted by atomic mass is 14.3. The van der Waals surface area contributed by atoms with Crippen molar-refractivity contribution in [2.24, 2.45) is 11.8 Å². The predicted molar refractivity (Wildman–Crippen MR) is 122 cm³/mol. The highest BCUT2D eigenvalue weighted by molar-refractivity contribution is 5.36. The van der Waals surface area contributed by atoms with Crippen molar-refractivity contribution in [1.82, 2.24) is 0 Å². The summed E-state index contributed by atoms with van der Waals surface area (Å²) in [6, 6.07) is 18.7. The largest absolute Gasteiger partial charge is 0.0683 e. The number of benzene rings is 2. The van der Waals surface area contributed by atoms with E-state index in [1.54, 1.807) is 11.1 Å². The summed E-state index contributed by atoms with van der Waals surface area (Å²) >= 11 is 0. The van der Waals surface area contributed by atoms with E-state index >= 15 is 0 Å². The van der Waals surface area contributed by atoms with Gasteiger partial charge in [0.05, 0.1) is 0 Å². The second kappa shape index (κ2) is 18.2. The molecule has 0 fully saturated rings. The Balaban J connectivity index is 0. The van der Waals surface area contributed by atoms with E-state index in [1.807, 2.05) is 64.1 Å². The average molecular weight is 357 g/mol. The van der Waals surface area contributed by atoms with E-state index in [0.29, 0.717) is 0 Å². The number of hydrogen-bond acceptors (Lipinski definition) is 0. The lowest BCUT2D eigenvalue weighted by Gasteiger charge is -2.29. The Bertz CT molecular complexity index is 486. The van der Waals surface area contributed by atoms with E-state index in [4.69, 9.17) is 0 Å². The molecule has 2 unspecified atom stereocenters. The second-order valence-corrected chi connectivity index (χ2v) is 6.44. The van der Waals surface area contributed by atoms with Gasteiger partial charge >= 0.3 is 0 Å². The average Bonchev–Trinajstić information content (AvgIpc) is 2.69. The normalized spacial score (nSPS) is 16.5. The standard InChI is InChI=1S/C13H18.C6H6.C3H8.2C2H6/c1-9-5-4-6-12-7-10(2)11(3)8-13(9)12;1-2-4-6-5-3-1;1-3-2;2*1-2/h4-6,10-11H,7-8H2,1-3H3;1-6H;3H2,1-2H3;2*1-2H3. The van der Waals surface area contributed by atoms with Gasteiger partial charge in [-0.25, -0.2) is 0 Å². The SMILES string of the molecule is CC.CC.CCC.Cc1cccc2c1CC(C)C(C)C2.c1ccccc1. The zero-order chi connectivity index (χ0) is 20.4. The first-order valence-corrected chi connectivity index (χ1v) is 10.7. The Hall–Kier alpha value is -1.56. The fourth-order valence-electron chi connectivity index (χ4n) is 2.70. The molecule has 0 spiro atoms. The van der Waals surface area contributed by atoms with Crippen molar-refractivity contribution in [1.29, 1.82) is 0 Å².